The van der Waals surface area contributed by atoms with E-state index < -0.39 is 11.5 Å². The Morgan fingerprint density at radius 2 is 1.75 bits per heavy atom. The van der Waals surface area contributed by atoms with E-state index in [1.54, 1.807) is 0 Å². The zero-order valence-corrected chi connectivity index (χ0v) is 10.8. The van der Waals surface area contributed by atoms with Gasteiger partial charge in [0, 0.05) is 0 Å². The van der Waals surface area contributed by atoms with E-state index in [9.17, 15) is 9.90 Å². The predicted octanol–water partition coefficient (Wildman–Crippen LogP) is 2.75. The molecule has 0 heterocycles. The van der Waals surface area contributed by atoms with Crippen LogP contribution in [-0.4, -0.2) is 34.6 Å². The summed E-state index contributed by atoms with van der Waals surface area (Å²) in [6.45, 7) is 7.98. The third-order valence-corrected chi connectivity index (χ3v) is 4.28. The van der Waals surface area contributed by atoms with Crippen LogP contribution < -0.4 is 0 Å². The summed E-state index contributed by atoms with van der Waals surface area (Å²) >= 11 is 0. The Hall–Kier alpha value is -0.570. The second-order valence-corrected chi connectivity index (χ2v) is 4.86. The highest BCUT2D eigenvalue weighted by atomic mass is 16.4. The van der Waals surface area contributed by atoms with E-state index in [0.717, 1.165) is 44.7 Å². The maximum absolute atomic E-state index is 11.6. The minimum Gasteiger partial charge on any atom is -0.480 e. The van der Waals surface area contributed by atoms with Crippen LogP contribution in [0.15, 0.2) is 0 Å². The van der Waals surface area contributed by atoms with Gasteiger partial charge in [-0.1, -0.05) is 27.2 Å². The van der Waals surface area contributed by atoms with E-state index in [0.29, 0.717) is 0 Å². The quantitative estimate of drug-likeness (QED) is 0.785. The Morgan fingerprint density at radius 3 is 2.06 bits per heavy atom. The lowest BCUT2D eigenvalue weighted by atomic mass is 9.74. The van der Waals surface area contributed by atoms with Gasteiger partial charge in [0.15, 0.2) is 0 Å². The molecule has 0 atom stereocenters. The van der Waals surface area contributed by atoms with Crippen molar-refractivity contribution in [3.05, 3.63) is 0 Å². The maximum Gasteiger partial charge on any atom is 0.324 e. The van der Waals surface area contributed by atoms with Crippen LogP contribution in [0.2, 0.25) is 0 Å². The summed E-state index contributed by atoms with van der Waals surface area (Å²) in [5.41, 5.74) is -0.574. The summed E-state index contributed by atoms with van der Waals surface area (Å²) in [7, 11) is 0. The zero-order chi connectivity index (χ0) is 12.2. The number of carboxylic acids is 1. The Balaban J connectivity index is 2.79. The van der Waals surface area contributed by atoms with Gasteiger partial charge in [-0.2, -0.15) is 0 Å². The molecule has 0 aromatic carbocycles. The topological polar surface area (TPSA) is 40.5 Å². The fourth-order valence-corrected chi connectivity index (χ4v) is 3.06. The Bertz CT molecular complexity index is 228. The van der Waals surface area contributed by atoms with E-state index >= 15 is 0 Å². The van der Waals surface area contributed by atoms with E-state index in [4.69, 9.17) is 0 Å². The molecule has 0 spiro atoms. The summed E-state index contributed by atoms with van der Waals surface area (Å²) in [4.78, 5) is 13.7. The van der Waals surface area contributed by atoms with Gasteiger partial charge < -0.3 is 5.11 Å². The molecule has 94 valence electrons. The SMILES string of the molecule is CCC1CCC(C(=O)O)(N(CC)CC)CC1. The molecule has 1 rings (SSSR count). The number of hydrogen-bond acceptors (Lipinski definition) is 2. The molecular weight excluding hydrogens is 202 g/mol. The highest BCUT2D eigenvalue weighted by molar-refractivity contribution is 5.79. The summed E-state index contributed by atoms with van der Waals surface area (Å²) < 4.78 is 0. The van der Waals surface area contributed by atoms with Crippen molar-refractivity contribution in [2.24, 2.45) is 5.92 Å². The Kier molecular flexibility index (Phi) is 4.78. The van der Waals surface area contributed by atoms with Crippen molar-refractivity contribution >= 4 is 5.97 Å². The smallest absolute Gasteiger partial charge is 0.324 e. The second kappa shape index (κ2) is 5.67. The number of carbonyl (C=O) groups is 1. The minimum absolute atomic E-state index is 0.574. The average Bonchev–Trinajstić information content (AvgIpc) is 2.31. The Morgan fingerprint density at radius 1 is 1.25 bits per heavy atom. The largest absolute Gasteiger partial charge is 0.480 e. The lowest BCUT2D eigenvalue weighted by Gasteiger charge is -2.44. The van der Waals surface area contributed by atoms with Crippen LogP contribution in [0.25, 0.3) is 0 Å². The van der Waals surface area contributed by atoms with Crippen molar-refractivity contribution in [2.45, 2.75) is 58.4 Å². The molecule has 0 amide bonds. The third kappa shape index (κ3) is 2.40. The minimum atomic E-state index is -0.620. The fraction of sp³-hybridized carbons (Fsp3) is 0.923. The molecule has 3 heteroatoms. The highest BCUT2D eigenvalue weighted by Crippen LogP contribution is 2.37. The zero-order valence-electron chi connectivity index (χ0n) is 10.8. The van der Waals surface area contributed by atoms with Gasteiger partial charge in [-0.3, -0.25) is 9.69 Å². The molecule has 0 aromatic rings. The average molecular weight is 227 g/mol. The second-order valence-electron chi connectivity index (χ2n) is 4.86. The van der Waals surface area contributed by atoms with Gasteiger partial charge in [-0.25, -0.2) is 0 Å². The molecule has 0 unspecified atom stereocenters. The first-order valence-corrected chi connectivity index (χ1v) is 6.59. The van der Waals surface area contributed by atoms with Gasteiger partial charge in [0.1, 0.15) is 5.54 Å². The molecule has 0 aromatic heterocycles. The molecule has 0 aliphatic heterocycles. The number of hydrogen-bond donors (Lipinski definition) is 1. The van der Waals surface area contributed by atoms with Gasteiger partial charge in [-0.05, 0) is 44.7 Å². The van der Waals surface area contributed by atoms with Gasteiger partial charge in [0.2, 0.25) is 0 Å². The summed E-state index contributed by atoms with van der Waals surface area (Å²) in [5.74, 6) is 0.119. The standard InChI is InChI=1S/C13H25NO2/c1-4-11-7-9-13(10-8-11,12(15)16)14(5-2)6-3/h11H,4-10H2,1-3H3,(H,15,16). The van der Waals surface area contributed by atoms with Crippen LogP contribution in [0.5, 0.6) is 0 Å². The summed E-state index contributed by atoms with van der Waals surface area (Å²) in [5, 5.41) is 9.54. The van der Waals surface area contributed by atoms with E-state index in [1.165, 1.54) is 6.42 Å². The van der Waals surface area contributed by atoms with Crippen molar-refractivity contribution in [2.75, 3.05) is 13.1 Å². The van der Waals surface area contributed by atoms with Crippen LogP contribution in [0.3, 0.4) is 0 Å². The normalized spacial score (nSPS) is 30.6. The molecule has 0 saturated heterocycles. The van der Waals surface area contributed by atoms with E-state index in [2.05, 4.69) is 25.7 Å². The third-order valence-electron chi connectivity index (χ3n) is 4.28. The molecule has 1 N–H and O–H groups in total. The molecule has 1 aliphatic rings. The lowest BCUT2D eigenvalue weighted by Crippen LogP contribution is -2.56. The molecule has 3 nitrogen and oxygen atoms in total. The van der Waals surface area contributed by atoms with Gasteiger partial charge in [-0.15, -0.1) is 0 Å². The fourth-order valence-electron chi connectivity index (χ4n) is 3.06. The molecule has 1 aliphatic carbocycles. The summed E-state index contributed by atoms with van der Waals surface area (Å²) in [6, 6.07) is 0. The molecule has 1 fully saturated rings. The van der Waals surface area contributed by atoms with Crippen LogP contribution in [0, 0.1) is 5.92 Å². The Labute approximate surface area is 98.8 Å². The van der Waals surface area contributed by atoms with E-state index in [-0.39, 0.29) is 0 Å². The predicted molar refractivity (Wildman–Crippen MR) is 65.5 cm³/mol. The highest BCUT2D eigenvalue weighted by Gasteiger charge is 2.45. The van der Waals surface area contributed by atoms with Gasteiger partial charge >= 0.3 is 5.97 Å². The number of likely N-dealkylation sites (N-methyl/N-ethyl adjacent to an activating group) is 1. The number of carboxylic acid groups (broad SMARTS) is 1. The maximum atomic E-state index is 11.6. The first kappa shape index (κ1) is 13.5. The number of rotatable bonds is 5. The van der Waals surface area contributed by atoms with E-state index in [1.807, 2.05) is 0 Å². The van der Waals surface area contributed by atoms with Crippen LogP contribution >= 0.6 is 0 Å². The first-order valence-electron chi connectivity index (χ1n) is 6.59. The van der Waals surface area contributed by atoms with Crippen molar-refractivity contribution < 1.29 is 9.90 Å². The molecule has 0 radical (unpaired) electrons. The van der Waals surface area contributed by atoms with Crippen molar-refractivity contribution in [1.82, 2.24) is 4.90 Å². The first-order chi connectivity index (χ1) is 7.60. The monoisotopic (exact) mass is 227 g/mol. The van der Waals surface area contributed by atoms with Crippen molar-refractivity contribution in [3.8, 4) is 0 Å². The van der Waals surface area contributed by atoms with Gasteiger partial charge in [0.25, 0.3) is 0 Å². The molecule has 1 saturated carbocycles. The number of nitrogens with zero attached hydrogens (tertiary/aromatic N) is 1. The van der Waals surface area contributed by atoms with Crippen molar-refractivity contribution in [1.29, 1.82) is 0 Å². The number of aliphatic carboxylic acids is 1. The van der Waals surface area contributed by atoms with Gasteiger partial charge in [0.05, 0.1) is 0 Å². The van der Waals surface area contributed by atoms with Crippen molar-refractivity contribution in [3.63, 3.8) is 0 Å². The lowest BCUT2D eigenvalue weighted by molar-refractivity contribution is -0.154. The molecule has 16 heavy (non-hydrogen) atoms. The van der Waals surface area contributed by atoms with Crippen LogP contribution in [-0.2, 0) is 4.79 Å². The summed E-state index contributed by atoms with van der Waals surface area (Å²) in [6.07, 6.45) is 4.97. The molecule has 0 bridgehead atoms. The molecular formula is C13H25NO2. The van der Waals surface area contributed by atoms with Crippen LogP contribution in [0.4, 0.5) is 0 Å². The van der Waals surface area contributed by atoms with Crippen LogP contribution in [0.1, 0.15) is 52.9 Å².